The summed E-state index contributed by atoms with van der Waals surface area (Å²) in [4.78, 5) is 9.95. The molecule has 0 amide bonds. The summed E-state index contributed by atoms with van der Waals surface area (Å²) in [7, 11) is 3.35. The van der Waals surface area contributed by atoms with E-state index in [2.05, 4.69) is 20.0 Å². The molecule has 2 aliphatic rings. The second-order valence-corrected chi connectivity index (χ2v) is 8.34. The van der Waals surface area contributed by atoms with Crippen LogP contribution in [0.2, 0.25) is 0 Å². The van der Waals surface area contributed by atoms with E-state index in [-0.39, 0.29) is 0 Å². The Kier molecular flexibility index (Phi) is 5.90. The van der Waals surface area contributed by atoms with Crippen LogP contribution in [0.15, 0.2) is 48.5 Å². The van der Waals surface area contributed by atoms with Gasteiger partial charge in [-0.15, -0.1) is 10.2 Å². The molecule has 166 valence electrons. The summed E-state index contributed by atoms with van der Waals surface area (Å²) < 4.78 is 11.3. The van der Waals surface area contributed by atoms with Gasteiger partial charge in [0, 0.05) is 36.8 Å². The molecule has 2 saturated heterocycles. The number of benzene rings is 2. The largest absolute Gasteiger partial charge is 0.496 e. The van der Waals surface area contributed by atoms with E-state index in [1.807, 2.05) is 48.5 Å². The first-order valence-corrected chi connectivity index (χ1v) is 11.3. The van der Waals surface area contributed by atoms with Crippen molar-refractivity contribution in [3.05, 3.63) is 48.5 Å². The number of anilines is 1. The summed E-state index contributed by atoms with van der Waals surface area (Å²) in [5, 5.41) is 9.27. The van der Waals surface area contributed by atoms with Crippen molar-refractivity contribution in [3.8, 4) is 34.0 Å². The van der Waals surface area contributed by atoms with Gasteiger partial charge in [0.1, 0.15) is 22.9 Å². The minimum atomic E-state index is 0.574. The van der Waals surface area contributed by atoms with Crippen LogP contribution >= 0.6 is 0 Å². The first-order valence-electron chi connectivity index (χ1n) is 11.3. The third kappa shape index (κ3) is 3.88. The van der Waals surface area contributed by atoms with Gasteiger partial charge < -0.3 is 14.4 Å². The van der Waals surface area contributed by atoms with Crippen LogP contribution in [-0.2, 0) is 0 Å². The number of hydrogen-bond acceptors (Lipinski definition) is 7. The molecule has 2 aromatic carbocycles. The number of hydrogen-bond donors (Lipinski definition) is 0. The number of para-hydroxylation sites is 2. The summed E-state index contributed by atoms with van der Waals surface area (Å²) >= 11 is 0. The number of methoxy groups -OCH3 is 2. The van der Waals surface area contributed by atoms with E-state index in [0.29, 0.717) is 17.7 Å². The third-order valence-electron chi connectivity index (χ3n) is 6.52. The summed E-state index contributed by atoms with van der Waals surface area (Å²) in [6, 6.07) is 16.3. The fourth-order valence-electron chi connectivity index (χ4n) is 4.84. The highest BCUT2D eigenvalue weighted by atomic mass is 16.5. The Morgan fingerprint density at radius 3 is 2.19 bits per heavy atom. The zero-order valence-electron chi connectivity index (χ0n) is 18.7. The molecule has 2 aliphatic heterocycles. The van der Waals surface area contributed by atoms with Crippen LogP contribution in [-0.4, -0.2) is 66.5 Å². The Hall–Kier alpha value is -3.19. The van der Waals surface area contributed by atoms with Crippen molar-refractivity contribution in [1.29, 1.82) is 0 Å². The molecule has 0 N–H and O–H groups in total. The average molecular weight is 432 g/mol. The Balaban J connectivity index is 1.59. The monoisotopic (exact) mass is 431 g/mol. The van der Waals surface area contributed by atoms with Gasteiger partial charge in [-0.25, -0.2) is 4.98 Å². The SMILES string of the molecule is COc1ccccc1-c1nnc(N2CCN3CCCCC3C2)nc1-c1ccccc1OC. The molecule has 0 bridgehead atoms. The van der Waals surface area contributed by atoms with Gasteiger partial charge in [0.05, 0.1) is 14.2 Å². The van der Waals surface area contributed by atoms with Crippen molar-refractivity contribution in [1.82, 2.24) is 20.1 Å². The van der Waals surface area contributed by atoms with Crippen molar-refractivity contribution < 1.29 is 9.47 Å². The van der Waals surface area contributed by atoms with E-state index in [4.69, 9.17) is 14.5 Å². The quantitative estimate of drug-likeness (QED) is 0.607. The molecule has 0 spiro atoms. The number of aromatic nitrogens is 3. The van der Waals surface area contributed by atoms with E-state index in [0.717, 1.165) is 48.0 Å². The van der Waals surface area contributed by atoms with E-state index >= 15 is 0 Å². The van der Waals surface area contributed by atoms with Crippen molar-refractivity contribution in [2.45, 2.75) is 25.3 Å². The molecule has 7 heteroatoms. The molecule has 5 rings (SSSR count). The molecule has 0 radical (unpaired) electrons. The zero-order chi connectivity index (χ0) is 21.9. The molecule has 1 atom stereocenters. The highest BCUT2D eigenvalue weighted by Gasteiger charge is 2.31. The Bertz CT molecular complexity index is 1090. The van der Waals surface area contributed by atoms with E-state index in [1.54, 1.807) is 14.2 Å². The number of piperidine rings is 1. The van der Waals surface area contributed by atoms with Crippen LogP contribution in [0.5, 0.6) is 11.5 Å². The van der Waals surface area contributed by atoms with Crippen molar-refractivity contribution >= 4 is 5.95 Å². The average Bonchev–Trinajstić information content (AvgIpc) is 2.88. The lowest BCUT2D eigenvalue weighted by atomic mass is 10.00. The molecular weight excluding hydrogens is 402 g/mol. The fraction of sp³-hybridized carbons (Fsp3) is 0.400. The van der Waals surface area contributed by atoms with Gasteiger partial charge in [-0.2, -0.15) is 0 Å². The molecule has 3 heterocycles. The lowest BCUT2D eigenvalue weighted by Gasteiger charge is -2.43. The van der Waals surface area contributed by atoms with Crippen molar-refractivity contribution in [3.63, 3.8) is 0 Å². The number of nitrogens with zero attached hydrogens (tertiary/aromatic N) is 5. The minimum absolute atomic E-state index is 0.574. The molecule has 2 fully saturated rings. The van der Waals surface area contributed by atoms with Gasteiger partial charge in [0.2, 0.25) is 5.95 Å². The topological polar surface area (TPSA) is 63.6 Å². The van der Waals surface area contributed by atoms with Crippen LogP contribution in [0.4, 0.5) is 5.95 Å². The lowest BCUT2D eigenvalue weighted by molar-refractivity contribution is 0.132. The highest BCUT2D eigenvalue weighted by molar-refractivity contribution is 5.83. The van der Waals surface area contributed by atoms with Crippen LogP contribution in [0.1, 0.15) is 19.3 Å². The molecule has 7 nitrogen and oxygen atoms in total. The first kappa shape index (κ1) is 20.7. The Morgan fingerprint density at radius 2 is 1.47 bits per heavy atom. The second-order valence-electron chi connectivity index (χ2n) is 8.34. The van der Waals surface area contributed by atoms with E-state index in [1.165, 1.54) is 25.8 Å². The molecule has 32 heavy (non-hydrogen) atoms. The predicted octanol–water partition coefficient (Wildman–Crippen LogP) is 3.90. The summed E-state index contributed by atoms with van der Waals surface area (Å²) in [5.74, 6) is 2.17. The molecule has 3 aromatic rings. The van der Waals surface area contributed by atoms with E-state index in [9.17, 15) is 0 Å². The minimum Gasteiger partial charge on any atom is -0.496 e. The first-order chi connectivity index (χ1) is 15.8. The van der Waals surface area contributed by atoms with Crippen molar-refractivity contribution in [2.24, 2.45) is 0 Å². The number of rotatable bonds is 5. The second kappa shape index (κ2) is 9.12. The van der Waals surface area contributed by atoms with Gasteiger partial charge in [0.25, 0.3) is 0 Å². The van der Waals surface area contributed by atoms with Crippen molar-refractivity contribution in [2.75, 3.05) is 45.3 Å². The molecular formula is C25H29N5O2. The van der Waals surface area contributed by atoms with Gasteiger partial charge in [-0.3, -0.25) is 4.90 Å². The summed E-state index contributed by atoms with van der Waals surface area (Å²) in [6.07, 6.45) is 3.84. The maximum absolute atomic E-state index is 5.66. The Morgan fingerprint density at radius 1 is 0.781 bits per heavy atom. The lowest BCUT2D eigenvalue weighted by Crippen LogP contribution is -2.55. The smallest absolute Gasteiger partial charge is 0.246 e. The van der Waals surface area contributed by atoms with Gasteiger partial charge in [0.15, 0.2) is 0 Å². The maximum atomic E-state index is 5.66. The Labute approximate surface area is 189 Å². The fourth-order valence-corrected chi connectivity index (χ4v) is 4.84. The van der Waals surface area contributed by atoms with Crippen LogP contribution in [0, 0.1) is 0 Å². The number of piperazine rings is 1. The van der Waals surface area contributed by atoms with Crippen LogP contribution in [0.25, 0.3) is 22.5 Å². The normalized spacial score (nSPS) is 18.8. The molecule has 0 aliphatic carbocycles. The van der Waals surface area contributed by atoms with E-state index < -0.39 is 0 Å². The summed E-state index contributed by atoms with van der Waals surface area (Å²) in [5.41, 5.74) is 3.19. The van der Waals surface area contributed by atoms with Crippen LogP contribution in [0.3, 0.4) is 0 Å². The van der Waals surface area contributed by atoms with Gasteiger partial charge >= 0.3 is 0 Å². The van der Waals surface area contributed by atoms with Crippen LogP contribution < -0.4 is 14.4 Å². The molecule has 0 saturated carbocycles. The zero-order valence-corrected chi connectivity index (χ0v) is 18.7. The van der Waals surface area contributed by atoms with Gasteiger partial charge in [-0.05, 0) is 43.7 Å². The van der Waals surface area contributed by atoms with Gasteiger partial charge in [-0.1, -0.05) is 30.7 Å². The number of fused-ring (bicyclic) bond motifs is 1. The standard InChI is InChI=1S/C25H29N5O2/c1-31-21-12-5-3-10-19(21)23-24(20-11-4-6-13-22(20)32-2)27-28-25(26-23)30-16-15-29-14-8-7-9-18(29)17-30/h3-6,10-13,18H,7-9,14-17H2,1-2H3. The number of ether oxygens (including phenoxy) is 2. The molecule has 1 aromatic heterocycles. The summed E-state index contributed by atoms with van der Waals surface area (Å²) in [6.45, 7) is 4.11. The third-order valence-corrected chi connectivity index (χ3v) is 6.52. The predicted molar refractivity (Wildman–Crippen MR) is 125 cm³/mol. The highest BCUT2D eigenvalue weighted by Crippen LogP contribution is 2.38. The molecule has 1 unspecified atom stereocenters. The maximum Gasteiger partial charge on any atom is 0.246 e.